The predicted molar refractivity (Wildman–Crippen MR) is 100 cm³/mol. The molecule has 0 bridgehead atoms. The van der Waals surface area contributed by atoms with Crippen LogP contribution in [0.15, 0.2) is 24.3 Å². The molecule has 0 saturated carbocycles. The maximum absolute atomic E-state index is 12.5. The molecule has 0 unspecified atom stereocenters. The number of hydrogen-bond acceptors (Lipinski definition) is 3. The molecule has 3 rings (SSSR count). The van der Waals surface area contributed by atoms with Crippen LogP contribution in [0, 0.1) is 0 Å². The maximum Gasteiger partial charge on any atom is 0.216 e. The summed E-state index contributed by atoms with van der Waals surface area (Å²) in [6, 6.07) is 8.68. The van der Waals surface area contributed by atoms with Crippen LogP contribution in [0.4, 0.5) is 5.69 Å². The van der Waals surface area contributed by atoms with Crippen molar-refractivity contribution < 1.29 is 8.42 Å². The summed E-state index contributed by atoms with van der Waals surface area (Å²) < 4.78 is 26.6. The number of benzene rings is 1. The van der Waals surface area contributed by atoms with Gasteiger partial charge in [-0.25, -0.2) is 12.7 Å². The highest BCUT2D eigenvalue weighted by atomic mass is 32.2. The second-order valence-electron chi connectivity index (χ2n) is 8.55. The number of para-hydroxylation sites is 1. The van der Waals surface area contributed by atoms with E-state index in [1.165, 1.54) is 11.3 Å². The Balaban J connectivity index is 1.89. The van der Waals surface area contributed by atoms with Crippen molar-refractivity contribution >= 4 is 15.7 Å². The number of hydrogen-bond donors (Lipinski definition) is 0. The lowest BCUT2D eigenvalue weighted by Crippen LogP contribution is -2.50. The van der Waals surface area contributed by atoms with Crippen molar-refractivity contribution in [1.82, 2.24) is 4.31 Å². The Labute approximate surface area is 146 Å². The van der Waals surface area contributed by atoms with E-state index in [4.69, 9.17) is 0 Å². The summed E-state index contributed by atoms with van der Waals surface area (Å²) in [5.41, 5.74) is 2.89. The fourth-order valence-electron chi connectivity index (χ4n) is 4.12. The van der Waals surface area contributed by atoms with Crippen molar-refractivity contribution in [3.05, 3.63) is 29.8 Å². The Morgan fingerprint density at radius 2 is 1.67 bits per heavy atom. The van der Waals surface area contributed by atoms with Gasteiger partial charge in [-0.2, -0.15) is 0 Å². The summed E-state index contributed by atoms with van der Waals surface area (Å²) in [4.78, 5) is 2.49. The molecule has 2 aliphatic rings. The number of piperidine rings is 1. The Bertz CT molecular complexity index is 711. The number of anilines is 1. The predicted octanol–water partition coefficient (Wildman–Crippen LogP) is 3.38. The van der Waals surface area contributed by atoms with Crippen LogP contribution >= 0.6 is 0 Å². The van der Waals surface area contributed by atoms with Gasteiger partial charge in [0, 0.05) is 36.3 Å². The molecule has 0 radical (unpaired) electrons. The van der Waals surface area contributed by atoms with E-state index < -0.39 is 10.0 Å². The van der Waals surface area contributed by atoms with Gasteiger partial charge >= 0.3 is 0 Å². The van der Waals surface area contributed by atoms with E-state index in [2.05, 4.69) is 49.9 Å². The first kappa shape index (κ1) is 17.7. The first-order chi connectivity index (χ1) is 11.1. The average molecular weight is 351 g/mol. The minimum atomic E-state index is -3.15. The molecule has 2 heterocycles. The second-order valence-corrected chi connectivity index (χ2v) is 11.0. The third-order valence-corrected chi connectivity index (χ3v) is 7.95. The van der Waals surface area contributed by atoms with Gasteiger partial charge in [0.25, 0.3) is 0 Å². The first-order valence-electron chi connectivity index (χ1n) is 8.94. The zero-order valence-electron chi connectivity index (χ0n) is 15.5. The SMILES string of the molecule is CC(C)S(=O)(=O)N1CCC2(CC1)CN(C(C)(C)C)c1ccccc12. The minimum Gasteiger partial charge on any atom is -0.366 e. The lowest BCUT2D eigenvalue weighted by atomic mass is 9.75. The van der Waals surface area contributed by atoms with E-state index in [1.807, 2.05) is 0 Å². The van der Waals surface area contributed by atoms with Gasteiger partial charge in [0.1, 0.15) is 0 Å². The third kappa shape index (κ3) is 2.76. The first-order valence-corrected chi connectivity index (χ1v) is 10.4. The van der Waals surface area contributed by atoms with Gasteiger partial charge in [0.05, 0.1) is 5.25 Å². The normalized spacial score (nSPS) is 21.5. The molecule has 1 spiro atoms. The van der Waals surface area contributed by atoms with Crippen LogP contribution in [0.25, 0.3) is 0 Å². The fraction of sp³-hybridized carbons (Fsp3) is 0.684. The van der Waals surface area contributed by atoms with Crippen molar-refractivity contribution in [3.63, 3.8) is 0 Å². The van der Waals surface area contributed by atoms with E-state index in [1.54, 1.807) is 18.2 Å². The summed E-state index contributed by atoms with van der Waals surface area (Å²) in [5.74, 6) is 0. The number of fused-ring (bicyclic) bond motifs is 2. The minimum absolute atomic E-state index is 0.0702. The van der Waals surface area contributed by atoms with Gasteiger partial charge in [-0.05, 0) is 59.1 Å². The molecule has 1 aromatic carbocycles. The summed E-state index contributed by atoms with van der Waals surface area (Å²) in [6.45, 7) is 12.5. The molecule has 1 aromatic rings. The van der Waals surface area contributed by atoms with Crippen molar-refractivity contribution in [2.24, 2.45) is 0 Å². The molecule has 24 heavy (non-hydrogen) atoms. The summed E-state index contributed by atoms with van der Waals surface area (Å²) in [7, 11) is -3.15. The van der Waals surface area contributed by atoms with Crippen LogP contribution in [-0.2, 0) is 15.4 Å². The van der Waals surface area contributed by atoms with E-state index in [9.17, 15) is 8.42 Å². The van der Waals surface area contributed by atoms with Gasteiger partial charge in [-0.15, -0.1) is 0 Å². The van der Waals surface area contributed by atoms with E-state index >= 15 is 0 Å². The largest absolute Gasteiger partial charge is 0.366 e. The smallest absolute Gasteiger partial charge is 0.216 e. The molecule has 0 N–H and O–H groups in total. The molecule has 4 nitrogen and oxygen atoms in total. The van der Waals surface area contributed by atoms with Crippen LogP contribution in [0.5, 0.6) is 0 Å². The van der Waals surface area contributed by atoms with Crippen LogP contribution in [-0.4, -0.2) is 43.1 Å². The molecule has 1 fully saturated rings. The summed E-state index contributed by atoms with van der Waals surface area (Å²) in [5, 5.41) is -0.339. The van der Waals surface area contributed by atoms with E-state index in [0.29, 0.717) is 13.1 Å². The summed E-state index contributed by atoms with van der Waals surface area (Å²) >= 11 is 0. The molecule has 0 atom stereocenters. The van der Waals surface area contributed by atoms with Crippen molar-refractivity contribution in [2.75, 3.05) is 24.5 Å². The molecule has 2 aliphatic heterocycles. The van der Waals surface area contributed by atoms with Gasteiger partial charge in [0.2, 0.25) is 10.0 Å². The van der Waals surface area contributed by atoms with Crippen molar-refractivity contribution in [1.29, 1.82) is 0 Å². The van der Waals surface area contributed by atoms with Crippen molar-refractivity contribution in [2.45, 2.75) is 63.7 Å². The molecule has 1 saturated heterocycles. The maximum atomic E-state index is 12.5. The molecule has 134 valence electrons. The standard InChI is InChI=1S/C19H30N2O2S/c1-15(2)24(22,23)20-12-10-19(11-13-20)14-21(18(3,4)5)17-9-7-6-8-16(17)19/h6-9,15H,10-14H2,1-5H3. The van der Waals surface area contributed by atoms with E-state index in [0.717, 1.165) is 19.4 Å². The van der Waals surface area contributed by atoms with Crippen LogP contribution in [0.3, 0.4) is 0 Å². The highest BCUT2D eigenvalue weighted by molar-refractivity contribution is 7.89. The Morgan fingerprint density at radius 1 is 1.08 bits per heavy atom. The number of sulfonamides is 1. The van der Waals surface area contributed by atoms with Crippen molar-refractivity contribution in [3.8, 4) is 0 Å². The average Bonchev–Trinajstić information content (AvgIpc) is 2.83. The van der Waals surface area contributed by atoms with Gasteiger partial charge in [0.15, 0.2) is 0 Å². The summed E-state index contributed by atoms with van der Waals surface area (Å²) in [6.07, 6.45) is 1.81. The highest BCUT2D eigenvalue weighted by Crippen LogP contribution is 2.49. The fourth-order valence-corrected chi connectivity index (χ4v) is 5.41. The molecular formula is C19H30N2O2S. The third-order valence-electron chi connectivity index (χ3n) is 5.67. The Hall–Kier alpha value is -1.07. The highest BCUT2D eigenvalue weighted by Gasteiger charge is 2.48. The zero-order valence-corrected chi connectivity index (χ0v) is 16.4. The molecule has 0 aromatic heterocycles. The molecule has 5 heteroatoms. The Morgan fingerprint density at radius 3 is 2.21 bits per heavy atom. The zero-order chi connectivity index (χ0) is 17.8. The lowest BCUT2D eigenvalue weighted by molar-refractivity contribution is 0.238. The monoisotopic (exact) mass is 350 g/mol. The second kappa shape index (κ2) is 5.73. The molecule has 0 aliphatic carbocycles. The number of rotatable bonds is 2. The van der Waals surface area contributed by atoms with Gasteiger partial charge in [-0.1, -0.05) is 18.2 Å². The number of nitrogens with zero attached hydrogens (tertiary/aromatic N) is 2. The van der Waals surface area contributed by atoms with Gasteiger partial charge < -0.3 is 4.90 Å². The van der Waals surface area contributed by atoms with Crippen LogP contribution in [0.2, 0.25) is 0 Å². The molecular weight excluding hydrogens is 320 g/mol. The lowest BCUT2D eigenvalue weighted by Gasteiger charge is -2.41. The van der Waals surface area contributed by atoms with Gasteiger partial charge in [-0.3, -0.25) is 0 Å². The molecule has 0 amide bonds. The van der Waals surface area contributed by atoms with Crippen LogP contribution in [0.1, 0.15) is 53.0 Å². The Kier molecular flexibility index (Phi) is 4.24. The quantitative estimate of drug-likeness (QED) is 0.821. The topological polar surface area (TPSA) is 40.6 Å². The van der Waals surface area contributed by atoms with E-state index in [-0.39, 0.29) is 16.2 Å². The van der Waals surface area contributed by atoms with Crippen LogP contribution < -0.4 is 4.90 Å².